The van der Waals surface area contributed by atoms with Crippen molar-refractivity contribution < 1.29 is 17.8 Å². The second-order valence-electron chi connectivity index (χ2n) is 9.30. The Balaban J connectivity index is 2.25. The molecule has 0 radical (unpaired) electrons. The Morgan fingerprint density at radius 2 is 1.09 bits per heavy atom. The number of rotatable bonds is 22. The molecule has 1 unspecified atom stereocenters. The third-order valence-electron chi connectivity index (χ3n) is 6.74. The fourth-order valence-corrected chi connectivity index (χ4v) is 6.37. The molecule has 0 fully saturated rings. The van der Waals surface area contributed by atoms with Crippen LogP contribution in [0.25, 0.3) is 0 Å². The number of pyridine rings is 1. The van der Waals surface area contributed by atoms with Crippen LogP contribution in [0.15, 0.2) is 30.6 Å². The molecule has 0 N–H and O–H groups in total. The molecule has 0 bridgehead atoms. The second-order valence-corrected chi connectivity index (χ2v) is 12.4. The van der Waals surface area contributed by atoms with E-state index in [2.05, 4.69) is 42.1 Å². The zero-order valence-electron chi connectivity index (χ0n) is 21.7. The van der Waals surface area contributed by atoms with Crippen molar-refractivity contribution >= 4 is 8.80 Å². The van der Waals surface area contributed by atoms with Gasteiger partial charge in [0.1, 0.15) is 0 Å². The van der Waals surface area contributed by atoms with Crippen molar-refractivity contribution in [2.24, 2.45) is 5.92 Å². The van der Waals surface area contributed by atoms with Gasteiger partial charge in [-0.1, -0.05) is 90.0 Å². The zero-order valence-corrected chi connectivity index (χ0v) is 22.7. The molecule has 0 saturated carbocycles. The Hall–Kier alpha value is -0.753. The van der Waals surface area contributed by atoms with Crippen LogP contribution in [0, 0.1) is 5.92 Å². The molecule has 1 rings (SSSR count). The van der Waals surface area contributed by atoms with Crippen molar-refractivity contribution in [2.45, 2.75) is 116 Å². The highest BCUT2D eigenvalue weighted by molar-refractivity contribution is 6.60. The number of hydrogen-bond acceptors (Lipinski definition) is 3. The molecule has 186 valence electrons. The molecule has 0 amide bonds. The summed E-state index contributed by atoms with van der Waals surface area (Å²) in [6, 6.07) is 7.23. The second kappa shape index (κ2) is 19.7. The highest BCUT2D eigenvalue weighted by Crippen LogP contribution is 2.23. The van der Waals surface area contributed by atoms with Crippen LogP contribution in [0.2, 0.25) is 6.04 Å². The molecule has 1 aromatic heterocycles. The largest absolute Gasteiger partial charge is 0.500 e. The molecule has 4 nitrogen and oxygen atoms in total. The van der Waals surface area contributed by atoms with E-state index >= 15 is 0 Å². The van der Waals surface area contributed by atoms with Crippen LogP contribution >= 0.6 is 0 Å². The fraction of sp³-hybridized carbons (Fsp3) is 0.815. The third-order valence-corrected chi connectivity index (χ3v) is 9.57. The normalized spacial score (nSPS) is 12.9. The minimum absolute atomic E-state index is 0.697. The lowest BCUT2D eigenvalue weighted by atomic mass is 9.95. The van der Waals surface area contributed by atoms with Crippen molar-refractivity contribution in [2.75, 3.05) is 21.3 Å². The quantitative estimate of drug-likeness (QED) is 0.102. The molecule has 0 saturated heterocycles. The van der Waals surface area contributed by atoms with E-state index in [9.17, 15) is 0 Å². The molecule has 0 aliphatic heterocycles. The number of hydrogen-bond donors (Lipinski definition) is 0. The van der Waals surface area contributed by atoms with Crippen LogP contribution < -0.4 is 4.57 Å². The third kappa shape index (κ3) is 13.7. The van der Waals surface area contributed by atoms with Crippen molar-refractivity contribution in [1.82, 2.24) is 0 Å². The van der Waals surface area contributed by atoms with Crippen molar-refractivity contribution in [3.63, 3.8) is 0 Å². The first kappa shape index (κ1) is 29.3. The molecular weight excluding hydrogens is 414 g/mol. The van der Waals surface area contributed by atoms with Crippen LogP contribution in [-0.4, -0.2) is 30.1 Å². The minimum atomic E-state index is -2.45. The van der Waals surface area contributed by atoms with Crippen molar-refractivity contribution in [1.29, 1.82) is 0 Å². The average molecular weight is 467 g/mol. The molecule has 0 spiro atoms. The van der Waals surface area contributed by atoms with Crippen molar-refractivity contribution in [3.8, 4) is 0 Å². The monoisotopic (exact) mass is 466 g/mol. The summed E-state index contributed by atoms with van der Waals surface area (Å²) in [5.41, 5.74) is 0. The summed E-state index contributed by atoms with van der Waals surface area (Å²) in [4.78, 5) is 0. The van der Waals surface area contributed by atoms with Gasteiger partial charge in [0.25, 0.3) is 0 Å². The van der Waals surface area contributed by atoms with E-state index in [1.165, 1.54) is 89.9 Å². The fourth-order valence-electron chi connectivity index (χ4n) is 4.62. The van der Waals surface area contributed by atoms with Gasteiger partial charge in [0.15, 0.2) is 18.9 Å². The molecule has 5 heteroatoms. The molecule has 0 aromatic carbocycles. The highest BCUT2D eigenvalue weighted by atomic mass is 28.4. The lowest BCUT2D eigenvalue weighted by molar-refractivity contribution is -0.703. The van der Waals surface area contributed by atoms with Gasteiger partial charge in [0, 0.05) is 45.4 Å². The Morgan fingerprint density at radius 3 is 1.59 bits per heavy atom. The Kier molecular flexibility index (Phi) is 18.0. The SMILES string of the molecule is CCCCCCCCCCCCCCC(CCC[Si](OC)(OC)OC)C[n+]1ccccc1. The van der Waals surface area contributed by atoms with Crippen LogP contribution in [-0.2, 0) is 19.8 Å². The molecule has 1 heterocycles. The van der Waals surface area contributed by atoms with Crippen LogP contribution in [0.4, 0.5) is 0 Å². The summed E-state index contributed by atoms with van der Waals surface area (Å²) >= 11 is 0. The van der Waals surface area contributed by atoms with Gasteiger partial charge in [0.2, 0.25) is 0 Å². The summed E-state index contributed by atoms with van der Waals surface area (Å²) in [6.45, 7) is 3.39. The average Bonchev–Trinajstić information content (AvgIpc) is 2.83. The van der Waals surface area contributed by atoms with E-state index in [4.69, 9.17) is 13.3 Å². The summed E-state index contributed by atoms with van der Waals surface area (Å²) in [5.74, 6) is 0.697. The van der Waals surface area contributed by atoms with Crippen molar-refractivity contribution in [3.05, 3.63) is 30.6 Å². The van der Waals surface area contributed by atoms with E-state index in [0.717, 1.165) is 19.0 Å². The minimum Gasteiger partial charge on any atom is -0.377 e. The van der Waals surface area contributed by atoms with Gasteiger partial charge in [-0.05, 0) is 19.3 Å². The van der Waals surface area contributed by atoms with E-state index in [1.807, 2.05) is 0 Å². The maximum absolute atomic E-state index is 5.60. The number of nitrogens with zero attached hydrogens (tertiary/aromatic N) is 1. The van der Waals surface area contributed by atoms with E-state index in [1.54, 1.807) is 21.3 Å². The van der Waals surface area contributed by atoms with E-state index in [0.29, 0.717) is 5.92 Å². The van der Waals surface area contributed by atoms with Gasteiger partial charge >= 0.3 is 8.80 Å². The van der Waals surface area contributed by atoms with Gasteiger partial charge in [0.05, 0.1) is 0 Å². The first-order valence-electron chi connectivity index (χ1n) is 13.3. The molecule has 0 aliphatic carbocycles. The van der Waals surface area contributed by atoms with Gasteiger partial charge < -0.3 is 13.3 Å². The molecule has 1 atom stereocenters. The molecular formula is C27H52NO3Si+. The molecule has 32 heavy (non-hydrogen) atoms. The smallest absolute Gasteiger partial charge is 0.377 e. The standard InChI is InChI=1S/C27H52NO3Si/c1-5-6-7-8-9-10-11-12-13-14-15-17-21-27(26-28-23-18-16-19-24-28)22-20-25-32(29-2,30-3)31-4/h16,18-19,23-24,27H,5-15,17,20-22,25-26H2,1-4H3/q+1. The lowest BCUT2D eigenvalue weighted by Gasteiger charge is -2.25. The zero-order chi connectivity index (χ0) is 23.3. The molecule has 1 aromatic rings. The summed E-state index contributed by atoms with van der Waals surface area (Å²) in [5, 5.41) is 0. The first-order valence-corrected chi connectivity index (χ1v) is 15.2. The predicted octanol–water partition coefficient (Wildman–Crippen LogP) is 7.34. The lowest BCUT2D eigenvalue weighted by Crippen LogP contribution is -2.42. The van der Waals surface area contributed by atoms with E-state index in [-0.39, 0.29) is 0 Å². The van der Waals surface area contributed by atoms with Gasteiger partial charge in [-0.2, -0.15) is 0 Å². The summed E-state index contributed by atoms with van der Waals surface area (Å²) < 4.78 is 19.1. The Morgan fingerprint density at radius 1 is 0.625 bits per heavy atom. The molecule has 0 aliphatic rings. The van der Waals surface area contributed by atoms with Crippen LogP contribution in [0.1, 0.15) is 103 Å². The first-order chi connectivity index (χ1) is 15.7. The maximum atomic E-state index is 5.60. The summed E-state index contributed by atoms with van der Waals surface area (Å²) in [6.07, 6.45) is 24.9. The maximum Gasteiger partial charge on any atom is 0.500 e. The number of aromatic nitrogens is 1. The predicted molar refractivity (Wildman–Crippen MR) is 137 cm³/mol. The Labute approximate surface area is 200 Å². The van der Waals surface area contributed by atoms with E-state index < -0.39 is 8.80 Å². The van der Waals surface area contributed by atoms with Gasteiger partial charge in [-0.3, -0.25) is 0 Å². The summed E-state index contributed by atoms with van der Waals surface area (Å²) in [7, 11) is 2.68. The van der Waals surface area contributed by atoms with Crippen LogP contribution in [0.5, 0.6) is 0 Å². The number of unbranched alkanes of at least 4 members (excludes halogenated alkanes) is 11. The Bertz CT molecular complexity index is 517. The van der Waals surface area contributed by atoms with Gasteiger partial charge in [-0.15, -0.1) is 0 Å². The van der Waals surface area contributed by atoms with Crippen LogP contribution in [0.3, 0.4) is 0 Å². The van der Waals surface area contributed by atoms with Gasteiger partial charge in [-0.25, -0.2) is 4.57 Å². The topological polar surface area (TPSA) is 31.6 Å². The highest BCUT2D eigenvalue weighted by Gasteiger charge is 2.37.